The Kier molecular flexibility index (Phi) is 8.85. The van der Waals surface area contributed by atoms with Gasteiger partial charge in [-0.3, -0.25) is 0 Å². The molecule has 3 heterocycles. The summed E-state index contributed by atoms with van der Waals surface area (Å²) in [6.07, 6.45) is 0. The second kappa shape index (κ2) is 15.1. The molecule has 0 amide bonds. The van der Waals surface area contributed by atoms with Gasteiger partial charge in [-0.2, -0.15) is 21.0 Å². The van der Waals surface area contributed by atoms with Crippen LogP contribution in [-0.2, 0) is 0 Å². The normalized spacial score (nSPS) is 11.1. The molecule has 0 spiro atoms. The molecule has 11 rings (SSSR count). The lowest BCUT2D eigenvalue weighted by atomic mass is 9.94. The standard InChI is InChI=1S/C56H30N8/c57-31-35-18-22-50-43(26-35)44-27-36(32-58)19-23-51(44)63(50)49-16-8-7-14-41(49)55-42(56-61-47(39-10-3-1-4-11-39)30-48(62-56)40-12-5-2-6-13-40)15-9-17-54(55)64-52-24-20-37(33-59)28-45(52)46-29-38(34-60)21-25-53(46)64/h1-30H. The second-order valence-electron chi connectivity index (χ2n) is 15.5. The van der Waals surface area contributed by atoms with E-state index in [4.69, 9.17) is 9.97 Å². The highest BCUT2D eigenvalue weighted by molar-refractivity contribution is 6.13. The van der Waals surface area contributed by atoms with Crippen molar-refractivity contribution in [2.45, 2.75) is 0 Å². The second-order valence-corrected chi connectivity index (χ2v) is 15.5. The first kappa shape index (κ1) is 37.4. The Balaban J connectivity index is 1.29. The van der Waals surface area contributed by atoms with Crippen LogP contribution in [0.15, 0.2) is 182 Å². The molecule has 8 heteroatoms. The summed E-state index contributed by atoms with van der Waals surface area (Å²) in [6.45, 7) is 0. The number of nitriles is 4. The van der Waals surface area contributed by atoms with Crippen molar-refractivity contribution in [2.75, 3.05) is 0 Å². The van der Waals surface area contributed by atoms with Crippen LogP contribution < -0.4 is 0 Å². The molecule has 0 aliphatic rings. The largest absolute Gasteiger partial charge is 0.309 e. The third-order valence-corrected chi connectivity index (χ3v) is 11.9. The molecule has 0 radical (unpaired) electrons. The van der Waals surface area contributed by atoms with Crippen molar-refractivity contribution in [1.29, 1.82) is 21.0 Å². The molecule has 0 unspecified atom stereocenters. The smallest absolute Gasteiger partial charge is 0.161 e. The Hall–Kier alpha value is -9.60. The summed E-state index contributed by atoms with van der Waals surface area (Å²) >= 11 is 0. The highest BCUT2D eigenvalue weighted by Gasteiger charge is 2.25. The van der Waals surface area contributed by atoms with Gasteiger partial charge in [0.05, 0.1) is 91.4 Å². The van der Waals surface area contributed by atoms with Crippen LogP contribution in [0.25, 0.3) is 100 Å². The maximum atomic E-state index is 10.0. The van der Waals surface area contributed by atoms with E-state index in [0.29, 0.717) is 28.1 Å². The number of benzene rings is 8. The summed E-state index contributed by atoms with van der Waals surface area (Å²) in [7, 11) is 0. The number of rotatable bonds is 6. The van der Waals surface area contributed by atoms with Crippen molar-refractivity contribution in [1.82, 2.24) is 19.1 Å². The molecule has 0 saturated heterocycles. The van der Waals surface area contributed by atoms with Gasteiger partial charge in [0, 0.05) is 49.4 Å². The van der Waals surface area contributed by atoms with E-state index in [1.807, 2.05) is 158 Å². The SMILES string of the molecule is N#Cc1ccc2c(c1)c1cc(C#N)ccc1n2-c1ccccc1-c1c(-c2nc(-c3ccccc3)cc(-c3ccccc3)n2)cccc1-n1c2ccc(C#N)cc2c2cc(C#N)ccc21. The molecule has 0 aliphatic heterocycles. The third-order valence-electron chi connectivity index (χ3n) is 11.9. The number of para-hydroxylation sites is 1. The molecule has 0 fully saturated rings. The quantitative estimate of drug-likeness (QED) is 0.164. The summed E-state index contributed by atoms with van der Waals surface area (Å²) < 4.78 is 4.40. The van der Waals surface area contributed by atoms with E-state index in [2.05, 4.69) is 57.7 Å². The summed E-state index contributed by atoms with van der Waals surface area (Å²) in [4.78, 5) is 10.7. The maximum Gasteiger partial charge on any atom is 0.161 e. The van der Waals surface area contributed by atoms with Gasteiger partial charge < -0.3 is 9.13 Å². The minimum Gasteiger partial charge on any atom is -0.309 e. The van der Waals surface area contributed by atoms with Crippen molar-refractivity contribution in [3.63, 3.8) is 0 Å². The van der Waals surface area contributed by atoms with Crippen LogP contribution in [0.4, 0.5) is 0 Å². The van der Waals surface area contributed by atoms with Crippen LogP contribution in [0.1, 0.15) is 22.3 Å². The van der Waals surface area contributed by atoms with Crippen LogP contribution in [0.2, 0.25) is 0 Å². The molecule has 3 aromatic heterocycles. The minimum absolute atomic E-state index is 0.512. The molecule has 0 atom stereocenters. The molecule has 0 N–H and O–H groups in total. The van der Waals surface area contributed by atoms with E-state index in [1.54, 1.807) is 0 Å². The molecule has 8 nitrogen and oxygen atoms in total. The fourth-order valence-corrected chi connectivity index (χ4v) is 9.00. The maximum absolute atomic E-state index is 10.0. The minimum atomic E-state index is 0.512. The van der Waals surface area contributed by atoms with E-state index < -0.39 is 0 Å². The summed E-state index contributed by atoms with van der Waals surface area (Å²) in [5, 5.41) is 43.4. The van der Waals surface area contributed by atoms with Gasteiger partial charge in [-0.05, 0) is 91.0 Å². The van der Waals surface area contributed by atoms with Crippen LogP contribution in [0.3, 0.4) is 0 Å². The first-order valence-electron chi connectivity index (χ1n) is 20.6. The van der Waals surface area contributed by atoms with E-state index in [1.165, 1.54) is 0 Å². The third kappa shape index (κ3) is 6.04. The summed E-state index contributed by atoms with van der Waals surface area (Å²) in [6, 6.07) is 68.5. The Bertz CT molecular complexity index is 3690. The highest BCUT2D eigenvalue weighted by Crippen LogP contribution is 2.45. The van der Waals surface area contributed by atoms with E-state index in [9.17, 15) is 21.0 Å². The fourth-order valence-electron chi connectivity index (χ4n) is 9.00. The molecule has 11 aromatic rings. The molecular formula is C56H30N8. The number of hydrogen-bond acceptors (Lipinski definition) is 6. The zero-order valence-electron chi connectivity index (χ0n) is 33.9. The van der Waals surface area contributed by atoms with E-state index in [0.717, 1.165) is 94.2 Å². The van der Waals surface area contributed by atoms with E-state index in [-0.39, 0.29) is 0 Å². The van der Waals surface area contributed by atoms with Gasteiger partial charge in [0.15, 0.2) is 5.82 Å². The lowest BCUT2D eigenvalue weighted by Crippen LogP contribution is -2.04. The number of hydrogen-bond donors (Lipinski definition) is 0. The topological polar surface area (TPSA) is 131 Å². The highest BCUT2D eigenvalue weighted by atomic mass is 15.0. The Morgan fingerprint density at radius 2 is 0.719 bits per heavy atom. The molecule has 0 aliphatic carbocycles. The zero-order valence-corrected chi connectivity index (χ0v) is 33.9. The Labute approximate surface area is 367 Å². The molecule has 8 aromatic carbocycles. The van der Waals surface area contributed by atoms with Gasteiger partial charge in [-0.15, -0.1) is 0 Å². The lowest BCUT2D eigenvalue weighted by Gasteiger charge is -2.21. The predicted octanol–water partition coefficient (Wildman–Crippen LogP) is 12.8. The van der Waals surface area contributed by atoms with Crippen LogP contribution in [0.5, 0.6) is 0 Å². The van der Waals surface area contributed by atoms with Gasteiger partial charge in [-0.25, -0.2) is 9.97 Å². The summed E-state index contributed by atoms with van der Waals surface area (Å²) in [5.41, 5.74) is 13.1. The lowest BCUT2D eigenvalue weighted by molar-refractivity contribution is 1.15. The van der Waals surface area contributed by atoms with Gasteiger partial charge in [0.2, 0.25) is 0 Å². The molecule has 0 bridgehead atoms. The van der Waals surface area contributed by atoms with Crippen molar-refractivity contribution < 1.29 is 0 Å². The van der Waals surface area contributed by atoms with Gasteiger partial charge in [0.25, 0.3) is 0 Å². The molecule has 294 valence electrons. The number of fused-ring (bicyclic) bond motifs is 6. The Morgan fingerprint density at radius 1 is 0.344 bits per heavy atom. The average molecular weight is 815 g/mol. The monoisotopic (exact) mass is 814 g/mol. The van der Waals surface area contributed by atoms with Crippen molar-refractivity contribution in [3.8, 4) is 80.7 Å². The van der Waals surface area contributed by atoms with Gasteiger partial charge in [0.1, 0.15) is 0 Å². The van der Waals surface area contributed by atoms with Crippen molar-refractivity contribution in [3.05, 3.63) is 204 Å². The number of nitrogens with zero attached hydrogens (tertiary/aromatic N) is 8. The Morgan fingerprint density at radius 3 is 1.16 bits per heavy atom. The first-order chi connectivity index (χ1) is 31.5. The van der Waals surface area contributed by atoms with E-state index >= 15 is 0 Å². The number of aromatic nitrogens is 4. The fraction of sp³-hybridized carbons (Fsp3) is 0. The zero-order chi connectivity index (χ0) is 43.3. The summed E-state index contributed by atoms with van der Waals surface area (Å²) in [5.74, 6) is 0.519. The van der Waals surface area contributed by atoms with Crippen LogP contribution >= 0.6 is 0 Å². The molecular weight excluding hydrogens is 785 g/mol. The van der Waals surface area contributed by atoms with Crippen LogP contribution in [0, 0.1) is 45.3 Å². The molecule has 64 heavy (non-hydrogen) atoms. The predicted molar refractivity (Wildman–Crippen MR) is 251 cm³/mol. The van der Waals surface area contributed by atoms with Gasteiger partial charge >= 0.3 is 0 Å². The van der Waals surface area contributed by atoms with Gasteiger partial charge in [-0.1, -0.05) is 91.0 Å². The average Bonchev–Trinajstić information content (AvgIpc) is 3.87. The van der Waals surface area contributed by atoms with Crippen molar-refractivity contribution in [2.24, 2.45) is 0 Å². The van der Waals surface area contributed by atoms with Crippen LogP contribution in [-0.4, -0.2) is 19.1 Å². The molecule has 0 saturated carbocycles. The first-order valence-corrected chi connectivity index (χ1v) is 20.6. The van der Waals surface area contributed by atoms with Crippen molar-refractivity contribution >= 4 is 43.6 Å².